The van der Waals surface area contributed by atoms with Crippen molar-refractivity contribution in [3.05, 3.63) is 16.1 Å². The Morgan fingerprint density at radius 2 is 2.00 bits per heavy atom. The maximum atomic E-state index is 9.56. The highest BCUT2D eigenvalue weighted by atomic mass is 32.1. The molecule has 0 saturated heterocycles. The summed E-state index contributed by atoms with van der Waals surface area (Å²) < 4.78 is 0. The third-order valence-electron chi connectivity index (χ3n) is 3.42. The van der Waals surface area contributed by atoms with Gasteiger partial charge >= 0.3 is 0 Å². The zero-order valence-electron chi connectivity index (χ0n) is 13.4. The highest BCUT2D eigenvalue weighted by Crippen LogP contribution is 2.27. The van der Waals surface area contributed by atoms with E-state index in [0.29, 0.717) is 0 Å². The molecule has 0 fully saturated rings. The lowest BCUT2D eigenvalue weighted by Gasteiger charge is -2.20. The Kier molecular flexibility index (Phi) is 7.09. The number of aliphatic hydroxyl groups is 1. The van der Waals surface area contributed by atoms with Crippen LogP contribution >= 0.6 is 11.3 Å². The second-order valence-corrected chi connectivity index (χ2v) is 6.90. The number of hydrogen-bond donors (Lipinski definition) is 2. The van der Waals surface area contributed by atoms with E-state index >= 15 is 0 Å². The molecule has 116 valence electrons. The van der Waals surface area contributed by atoms with Crippen molar-refractivity contribution < 1.29 is 5.11 Å². The van der Waals surface area contributed by atoms with Gasteiger partial charge in [-0.25, -0.2) is 4.98 Å². The first-order chi connectivity index (χ1) is 9.42. The van der Waals surface area contributed by atoms with Crippen LogP contribution in [-0.4, -0.2) is 47.8 Å². The molecule has 1 heterocycles. The van der Waals surface area contributed by atoms with Gasteiger partial charge in [-0.05, 0) is 13.1 Å². The molecule has 1 unspecified atom stereocenters. The molecule has 0 aliphatic rings. The Morgan fingerprint density at radius 3 is 2.45 bits per heavy atom. The summed E-state index contributed by atoms with van der Waals surface area (Å²) >= 11 is 1.68. The molecule has 5 heteroatoms. The highest BCUT2D eigenvalue weighted by Gasteiger charge is 2.21. The predicted octanol–water partition coefficient (Wildman–Crippen LogP) is 2.41. The Balaban J connectivity index is 2.56. The van der Waals surface area contributed by atoms with Crippen molar-refractivity contribution >= 4 is 11.3 Å². The molecule has 1 atom stereocenters. The van der Waals surface area contributed by atoms with E-state index in [0.717, 1.165) is 36.9 Å². The number of nitrogens with one attached hydrogen (secondary N) is 1. The van der Waals surface area contributed by atoms with Crippen LogP contribution < -0.4 is 5.32 Å². The van der Waals surface area contributed by atoms with Gasteiger partial charge in [-0.3, -0.25) is 0 Å². The maximum absolute atomic E-state index is 9.56. The summed E-state index contributed by atoms with van der Waals surface area (Å²) in [6.45, 7) is 14.9. The first-order valence-electron chi connectivity index (χ1n) is 7.44. The van der Waals surface area contributed by atoms with Crippen LogP contribution in [0.25, 0.3) is 0 Å². The predicted molar refractivity (Wildman–Crippen MR) is 86.4 cm³/mol. The lowest BCUT2D eigenvalue weighted by atomic mass is 9.98. The van der Waals surface area contributed by atoms with E-state index in [1.54, 1.807) is 11.3 Å². The molecule has 0 radical (unpaired) electrons. The second-order valence-electron chi connectivity index (χ2n) is 6.04. The molecule has 4 nitrogen and oxygen atoms in total. The summed E-state index contributed by atoms with van der Waals surface area (Å²) in [6.07, 6.45) is 0. The van der Waals surface area contributed by atoms with Crippen LogP contribution in [0.1, 0.15) is 51.4 Å². The molecule has 0 spiro atoms. The number of aliphatic hydroxyl groups excluding tert-OH is 1. The van der Waals surface area contributed by atoms with Crippen molar-refractivity contribution in [2.24, 2.45) is 0 Å². The highest BCUT2D eigenvalue weighted by molar-refractivity contribution is 7.09. The molecule has 0 aliphatic heterocycles. The van der Waals surface area contributed by atoms with Crippen LogP contribution in [0, 0.1) is 0 Å². The molecule has 0 aliphatic carbocycles. The van der Waals surface area contributed by atoms with Crippen molar-refractivity contribution in [1.29, 1.82) is 0 Å². The second kappa shape index (κ2) is 8.08. The van der Waals surface area contributed by atoms with Crippen LogP contribution in [0.15, 0.2) is 5.38 Å². The molecule has 0 aromatic carbocycles. The maximum Gasteiger partial charge on any atom is 0.0982 e. The summed E-state index contributed by atoms with van der Waals surface area (Å²) in [5, 5.41) is 16.1. The van der Waals surface area contributed by atoms with Crippen LogP contribution in [0.2, 0.25) is 0 Å². The smallest absolute Gasteiger partial charge is 0.0982 e. The van der Waals surface area contributed by atoms with Crippen molar-refractivity contribution in [2.45, 2.75) is 46.1 Å². The van der Waals surface area contributed by atoms with Gasteiger partial charge in [0.25, 0.3) is 0 Å². The Hall–Kier alpha value is -0.490. The summed E-state index contributed by atoms with van der Waals surface area (Å²) in [5.41, 5.74) is 1.03. The molecule has 0 bridgehead atoms. The van der Waals surface area contributed by atoms with Crippen molar-refractivity contribution in [1.82, 2.24) is 15.2 Å². The minimum absolute atomic E-state index is 0.0575. The Bertz CT molecular complexity index is 383. The Labute approximate surface area is 127 Å². The number of likely N-dealkylation sites (N-methyl/N-ethyl adjacent to an activating group) is 1. The molecule has 0 saturated carbocycles. The van der Waals surface area contributed by atoms with Crippen LogP contribution in [0.4, 0.5) is 0 Å². The molecule has 0 amide bonds. The molecule has 1 rings (SSSR count). The van der Waals surface area contributed by atoms with E-state index < -0.39 is 0 Å². The quantitative estimate of drug-likeness (QED) is 0.774. The Morgan fingerprint density at radius 1 is 1.35 bits per heavy atom. The molecule has 20 heavy (non-hydrogen) atoms. The average molecular weight is 299 g/mol. The van der Waals surface area contributed by atoms with Gasteiger partial charge < -0.3 is 15.3 Å². The SMILES string of the molecule is CCN(CC)CCNC(CO)c1csc(C(C)(C)C)n1. The number of rotatable bonds is 8. The molecule has 2 N–H and O–H groups in total. The molecule has 1 aromatic rings. The van der Waals surface area contributed by atoms with E-state index in [1.807, 2.05) is 0 Å². The van der Waals surface area contributed by atoms with Crippen molar-refractivity contribution in [2.75, 3.05) is 32.8 Å². The molecular formula is C15H29N3OS. The van der Waals surface area contributed by atoms with Gasteiger partial charge in [-0.2, -0.15) is 0 Å². The fraction of sp³-hybridized carbons (Fsp3) is 0.800. The van der Waals surface area contributed by atoms with Crippen LogP contribution in [-0.2, 0) is 5.41 Å². The fourth-order valence-corrected chi connectivity index (χ4v) is 2.95. The minimum atomic E-state index is -0.0575. The summed E-state index contributed by atoms with van der Waals surface area (Å²) in [5.74, 6) is 0. The van der Waals surface area contributed by atoms with Gasteiger partial charge in [0.1, 0.15) is 0 Å². The number of hydrogen-bond acceptors (Lipinski definition) is 5. The van der Waals surface area contributed by atoms with Crippen LogP contribution in [0.3, 0.4) is 0 Å². The summed E-state index contributed by atoms with van der Waals surface area (Å²) in [4.78, 5) is 7.04. The van der Waals surface area contributed by atoms with E-state index in [2.05, 4.69) is 55.2 Å². The van der Waals surface area contributed by atoms with Gasteiger partial charge in [0.15, 0.2) is 0 Å². The monoisotopic (exact) mass is 299 g/mol. The number of thiazole rings is 1. The molecule has 1 aromatic heterocycles. The van der Waals surface area contributed by atoms with Gasteiger partial charge in [-0.15, -0.1) is 11.3 Å². The normalized spacial score (nSPS) is 13.9. The zero-order valence-corrected chi connectivity index (χ0v) is 14.3. The summed E-state index contributed by atoms with van der Waals surface area (Å²) in [7, 11) is 0. The van der Waals surface area contributed by atoms with Crippen molar-refractivity contribution in [3.63, 3.8) is 0 Å². The third kappa shape index (κ3) is 5.13. The fourth-order valence-electron chi connectivity index (χ4n) is 1.99. The zero-order chi connectivity index (χ0) is 15.2. The largest absolute Gasteiger partial charge is 0.394 e. The molecular weight excluding hydrogens is 270 g/mol. The van der Waals surface area contributed by atoms with Gasteiger partial charge in [0.2, 0.25) is 0 Å². The van der Waals surface area contributed by atoms with Crippen LogP contribution in [0.5, 0.6) is 0 Å². The average Bonchev–Trinajstić information content (AvgIpc) is 2.88. The van der Waals surface area contributed by atoms with Gasteiger partial charge in [-0.1, -0.05) is 34.6 Å². The lowest BCUT2D eigenvalue weighted by molar-refractivity contribution is 0.231. The number of nitrogens with zero attached hydrogens (tertiary/aromatic N) is 2. The first kappa shape index (κ1) is 17.6. The summed E-state index contributed by atoms with van der Waals surface area (Å²) in [6, 6.07) is -0.0575. The van der Waals surface area contributed by atoms with E-state index in [4.69, 9.17) is 0 Å². The topological polar surface area (TPSA) is 48.4 Å². The lowest BCUT2D eigenvalue weighted by Crippen LogP contribution is -2.35. The number of aromatic nitrogens is 1. The third-order valence-corrected chi connectivity index (χ3v) is 4.70. The first-order valence-corrected chi connectivity index (χ1v) is 8.32. The van der Waals surface area contributed by atoms with E-state index in [-0.39, 0.29) is 18.1 Å². The standard InChI is InChI=1S/C15H29N3OS/c1-6-18(7-2)9-8-16-12(10-19)13-11-20-14(17-13)15(3,4)5/h11-12,16,19H,6-10H2,1-5H3. The van der Waals surface area contributed by atoms with Gasteiger partial charge in [0.05, 0.1) is 23.4 Å². The van der Waals surface area contributed by atoms with Crippen molar-refractivity contribution in [3.8, 4) is 0 Å². The van der Waals surface area contributed by atoms with E-state index in [1.165, 1.54) is 0 Å². The van der Waals surface area contributed by atoms with Gasteiger partial charge in [0, 0.05) is 23.9 Å². The minimum Gasteiger partial charge on any atom is -0.394 e. The van der Waals surface area contributed by atoms with E-state index in [9.17, 15) is 5.11 Å².